The Morgan fingerprint density at radius 3 is 3.00 bits per heavy atom. The van der Waals surface area contributed by atoms with Crippen LogP contribution < -0.4 is 5.73 Å². The van der Waals surface area contributed by atoms with Crippen molar-refractivity contribution in [3.63, 3.8) is 0 Å². The highest BCUT2D eigenvalue weighted by Gasteiger charge is 2.19. The van der Waals surface area contributed by atoms with Crippen LogP contribution in [0.15, 0.2) is 11.6 Å². The molecule has 0 aliphatic heterocycles. The third-order valence-corrected chi connectivity index (χ3v) is 3.10. The molecule has 0 radical (unpaired) electrons. The summed E-state index contributed by atoms with van der Waals surface area (Å²) in [5, 5.41) is 0. The third kappa shape index (κ3) is 1.72. The summed E-state index contributed by atoms with van der Waals surface area (Å²) in [5.74, 6) is 0.690. The highest BCUT2D eigenvalue weighted by Crippen LogP contribution is 2.23. The summed E-state index contributed by atoms with van der Waals surface area (Å²) in [6.07, 6.45) is 4.80. The Morgan fingerprint density at radius 1 is 1.80 bits per heavy atom. The van der Waals surface area contributed by atoms with Crippen molar-refractivity contribution in [1.29, 1.82) is 0 Å². The van der Waals surface area contributed by atoms with E-state index in [0.29, 0.717) is 12.0 Å². The van der Waals surface area contributed by atoms with Crippen LogP contribution in [0.1, 0.15) is 19.8 Å². The van der Waals surface area contributed by atoms with Gasteiger partial charge in [0, 0.05) is 10.5 Å². The van der Waals surface area contributed by atoms with Crippen molar-refractivity contribution in [2.24, 2.45) is 11.7 Å². The van der Waals surface area contributed by atoms with E-state index in [9.17, 15) is 0 Å². The molecule has 2 atom stereocenters. The molecule has 58 valence electrons. The van der Waals surface area contributed by atoms with Gasteiger partial charge in [-0.3, -0.25) is 0 Å². The van der Waals surface area contributed by atoms with Gasteiger partial charge in [-0.05, 0) is 24.3 Å². The number of nitrogens with two attached hydrogens (primary N) is 1. The minimum absolute atomic E-state index is 0.339. The zero-order valence-electron chi connectivity index (χ0n) is 6.31. The number of allylic oxidation sites excluding steroid dienone is 1. The van der Waals surface area contributed by atoms with E-state index in [1.807, 2.05) is 0 Å². The monoisotopic (exact) mass is 251 g/mol. The Kier molecular flexibility index (Phi) is 3.17. The summed E-state index contributed by atoms with van der Waals surface area (Å²) < 4.78 is 1.10. The van der Waals surface area contributed by atoms with Crippen LogP contribution in [0.3, 0.4) is 0 Å². The largest absolute Gasteiger partial charge is 0.324 e. The van der Waals surface area contributed by atoms with Crippen LogP contribution in [0.25, 0.3) is 0 Å². The minimum atomic E-state index is 0.339. The maximum absolute atomic E-state index is 5.96. The average Bonchev–Trinajstić information content (AvgIpc) is 1.95. The topological polar surface area (TPSA) is 26.0 Å². The molecule has 0 aromatic carbocycles. The summed E-state index contributed by atoms with van der Waals surface area (Å²) in [4.78, 5) is 0. The minimum Gasteiger partial charge on any atom is -0.324 e. The molecule has 1 aliphatic carbocycles. The Morgan fingerprint density at radius 2 is 2.50 bits per heavy atom. The quantitative estimate of drug-likeness (QED) is 0.431. The Labute approximate surface area is 76.2 Å². The predicted molar refractivity (Wildman–Crippen MR) is 53.3 cm³/mol. The first-order valence-electron chi connectivity index (χ1n) is 3.76. The molecule has 1 rings (SSSR count). The van der Waals surface area contributed by atoms with Crippen molar-refractivity contribution in [1.82, 2.24) is 0 Å². The van der Waals surface area contributed by atoms with Crippen LogP contribution in [0.5, 0.6) is 0 Å². The standard InChI is InChI=1S/C8H14IN/c1-6-3-2-4-7(5-9)8(6)10/h4,6,8H,2-3,5,10H2,1H3. The number of hydrogen-bond acceptors (Lipinski definition) is 1. The van der Waals surface area contributed by atoms with E-state index in [4.69, 9.17) is 5.73 Å². The molecule has 0 aromatic heterocycles. The lowest BCUT2D eigenvalue weighted by Gasteiger charge is -2.25. The van der Waals surface area contributed by atoms with Gasteiger partial charge in [0.1, 0.15) is 0 Å². The maximum Gasteiger partial charge on any atom is 0.0287 e. The molecule has 0 bridgehead atoms. The molecular weight excluding hydrogens is 237 g/mol. The van der Waals surface area contributed by atoms with Gasteiger partial charge in [0.2, 0.25) is 0 Å². The van der Waals surface area contributed by atoms with Crippen LogP contribution >= 0.6 is 22.6 Å². The highest BCUT2D eigenvalue weighted by molar-refractivity contribution is 14.1. The second-order valence-corrected chi connectivity index (χ2v) is 3.76. The molecule has 0 saturated heterocycles. The van der Waals surface area contributed by atoms with Crippen LogP contribution in [0.4, 0.5) is 0 Å². The van der Waals surface area contributed by atoms with Gasteiger partial charge in [-0.1, -0.05) is 35.6 Å². The smallest absolute Gasteiger partial charge is 0.0287 e. The molecule has 0 heterocycles. The fraction of sp³-hybridized carbons (Fsp3) is 0.750. The molecule has 2 N–H and O–H groups in total. The lowest BCUT2D eigenvalue weighted by molar-refractivity contribution is 0.449. The molecule has 1 aliphatic rings. The molecule has 0 fully saturated rings. The summed E-state index contributed by atoms with van der Waals surface area (Å²) in [6, 6.07) is 0.339. The van der Waals surface area contributed by atoms with E-state index < -0.39 is 0 Å². The summed E-state index contributed by atoms with van der Waals surface area (Å²) in [5.41, 5.74) is 7.40. The van der Waals surface area contributed by atoms with Crippen molar-refractivity contribution >= 4 is 22.6 Å². The highest BCUT2D eigenvalue weighted by atomic mass is 127. The molecule has 0 amide bonds. The van der Waals surface area contributed by atoms with E-state index in [0.717, 1.165) is 4.43 Å². The van der Waals surface area contributed by atoms with Gasteiger partial charge in [0.15, 0.2) is 0 Å². The number of rotatable bonds is 1. The van der Waals surface area contributed by atoms with E-state index in [-0.39, 0.29) is 0 Å². The second kappa shape index (κ2) is 3.72. The van der Waals surface area contributed by atoms with E-state index in [2.05, 4.69) is 35.6 Å². The van der Waals surface area contributed by atoms with E-state index in [1.54, 1.807) is 0 Å². The van der Waals surface area contributed by atoms with Gasteiger partial charge in [0.25, 0.3) is 0 Å². The Bertz CT molecular complexity index is 142. The molecule has 0 aromatic rings. The van der Waals surface area contributed by atoms with Gasteiger partial charge in [-0.15, -0.1) is 0 Å². The van der Waals surface area contributed by atoms with E-state index in [1.165, 1.54) is 18.4 Å². The number of halogens is 1. The fourth-order valence-corrected chi connectivity index (χ4v) is 2.18. The normalized spacial score (nSPS) is 33.7. The van der Waals surface area contributed by atoms with E-state index >= 15 is 0 Å². The first-order chi connectivity index (χ1) is 4.75. The zero-order chi connectivity index (χ0) is 7.56. The molecule has 2 heteroatoms. The molecule has 0 spiro atoms. The third-order valence-electron chi connectivity index (χ3n) is 2.22. The lowest BCUT2D eigenvalue weighted by atomic mass is 9.87. The number of hydrogen-bond donors (Lipinski definition) is 1. The van der Waals surface area contributed by atoms with Crippen LogP contribution in [-0.2, 0) is 0 Å². The molecule has 10 heavy (non-hydrogen) atoms. The summed E-state index contributed by atoms with van der Waals surface area (Å²) in [6.45, 7) is 2.24. The number of alkyl halides is 1. The Balaban J connectivity index is 2.62. The SMILES string of the molecule is CC1CCC=C(CI)C1N. The molecule has 0 saturated carbocycles. The second-order valence-electron chi connectivity index (χ2n) is 2.99. The maximum atomic E-state index is 5.96. The van der Waals surface area contributed by atoms with Crippen LogP contribution in [-0.4, -0.2) is 10.5 Å². The first kappa shape index (κ1) is 8.53. The van der Waals surface area contributed by atoms with Gasteiger partial charge in [-0.2, -0.15) is 0 Å². The molecular formula is C8H14IN. The van der Waals surface area contributed by atoms with Gasteiger partial charge in [0.05, 0.1) is 0 Å². The molecule has 1 nitrogen and oxygen atoms in total. The Hall–Kier alpha value is 0.430. The van der Waals surface area contributed by atoms with Crippen LogP contribution in [0.2, 0.25) is 0 Å². The van der Waals surface area contributed by atoms with Crippen molar-refractivity contribution in [3.05, 3.63) is 11.6 Å². The van der Waals surface area contributed by atoms with Crippen molar-refractivity contribution in [2.45, 2.75) is 25.8 Å². The van der Waals surface area contributed by atoms with Crippen LogP contribution in [0, 0.1) is 5.92 Å². The molecule has 2 unspecified atom stereocenters. The van der Waals surface area contributed by atoms with Gasteiger partial charge in [-0.25, -0.2) is 0 Å². The summed E-state index contributed by atoms with van der Waals surface area (Å²) >= 11 is 2.38. The van der Waals surface area contributed by atoms with Crippen molar-refractivity contribution in [2.75, 3.05) is 4.43 Å². The summed E-state index contributed by atoms with van der Waals surface area (Å²) in [7, 11) is 0. The fourth-order valence-electron chi connectivity index (χ4n) is 1.36. The first-order valence-corrected chi connectivity index (χ1v) is 5.28. The lowest BCUT2D eigenvalue weighted by Crippen LogP contribution is -2.33. The zero-order valence-corrected chi connectivity index (χ0v) is 8.47. The predicted octanol–water partition coefficient (Wildman–Crippen LogP) is 2.10. The van der Waals surface area contributed by atoms with Gasteiger partial charge < -0.3 is 5.73 Å². The van der Waals surface area contributed by atoms with Gasteiger partial charge >= 0.3 is 0 Å². The van der Waals surface area contributed by atoms with Crippen molar-refractivity contribution < 1.29 is 0 Å². The average molecular weight is 251 g/mol. The van der Waals surface area contributed by atoms with Crippen molar-refractivity contribution in [3.8, 4) is 0 Å².